The second-order valence-corrected chi connectivity index (χ2v) is 5.76. The van der Waals surface area contributed by atoms with Crippen LogP contribution in [0.1, 0.15) is 49.1 Å². The van der Waals surface area contributed by atoms with Crippen molar-refractivity contribution in [3.63, 3.8) is 0 Å². The minimum Gasteiger partial charge on any atom is -0.487 e. The highest BCUT2D eigenvalue weighted by molar-refractivity contribution is 7.09. The summed E-state index contributed by atoms with van der Waals surface area (Å²) < 4.78 is 5.68. The zero-order chi connectivity index (χ0) is 13.8. The van der Waals surface area contributed by atoms with E-state index >= 15 is 0 Å². The quantitative estimate of drug-likeness (QED) is 0.901. The Morgan fingerprint density at radius 3 is 2.42 bits per heavy atom. The van der Waals surface area contributed by atoms with Gasteiger partial charge in [0, 0.05) is 11.3 Å². The normalized spacial score (nSPS) is 12.7. The fourth-order valence-corrected chi connectivity index (χ4v) is 2.47. The van der Waals surface area contributed by atoms with Crippen LogP contribution in [0.25, 0.3) is 0 Å². The summed E-state index contributed by atoms with van der Waals surface area (Å²) in [6.45, 7) is 6.51. The van der Waals surface area contributed by atoms with Crippen molar-refractivity contribution in [1.29, 1.82) is 0 Å². The molecule has 2 rings (SSSR count). The van der Waals surface area contributed by atoms with E-state index in [1.165, 1.54) is 0 Å². The van der Waals surface area contributed by atoms with Gasteiger partial charge in [-0.15, -0.1) is 11.3 Å². The van der Waals surface area contributed by atoms with Crippen LogP contribution in [0.4, 0.5) is 0 Å². The van der Waals surface area contributed by atoms with E-state index in [-0.39, 0.29) is 0 Å². The average molecular weight is 277 g/mol. The highest BCUT2D eigenvalue weighted by Gasteiger charge is 2.06. The van der Waals surface area contributed by atoms with Gasteiger partial charge in [-0.2, -0.15) is 0 Å². The van der Waals surface area contributed by atoms with Gasteiger partial charge in [0.2, 0.25) is 0 Å². The molecule has 1 heterocycles. The van der Waals surface area contributed by atoms with Crippen molar-refractivity contribution in [3.05, 3.63) is 45.9 Å². The summed E-state index contributed by atoms with van der Waals surface area (Å²) >= 11 is 1.67. The molecule has 0 amide bonds. The van der Waals surface area contributed by atoms with Crippen LogP contribution in [0.15, 0.2) is 29.6 Å². The number of rotatable bonds is 5. The van der Waals surface area contributed by atoms with Gasteiger partial charge in [-0.1, -0.05) is 26.0 Å². The van der Waals surface area contributed by atoms with Gasteiger partial charge >= 0.3 is 0 Å². The number of thiazole rings is 1. The van der Waals surface area contributed by atoms with Gasteiger partial charge in [-0.05, 0) is 24.6 Å². The number of hydrogen-bond acceptors (Lipinski definition) is 4. The van der Waals surface area contributed by atoms with E-state index in [4.69, 9.17) is 4.74 Å². The summed E-state index contributed by atoms with van der Waals surface area (Å²) in [5.74, 6) is 1.26. The van der Waals surface area contributed by atoms with E-state index in [1.54, 1.807) is 18.3 Å². The lowest BCUT2D eigenvalue weighted by Crippen LogP contribution is -1.97. The maximum atomic E-state index is 9.43. The Hall–Kier alpha value is -1.39. The second-order valence-electron chi connectivity index (χ2n) is 4.87. The molecule has 0 aliphatic rings. The lowest BCUT2D eigenvalue weighted by molar-refractivity contribution is 0.199. The highest BCUT2D eigenvalue weighted by Crippen LogP contribution is 2.21. The maximum Gasteiger partial charge on any atom is 0.131 e. The molecule has 0 spiro atoms. The van der Waals surface area contributed by atoms with Crippen LogP contribution in [-0.4, -0.2) is 10.1 Å². The molecule has 0 aliphatic heterocycles. The van der Waals surface area contributed by atoms with Crippen LogP contribution in [0, 0.1) is 0 Å². The first-order valence-electron chi connectivity index (χ1n) is 6.41. The standard InChI is InChI=1S/C15H19NO2S/c1-10(2)15-16-13(9-19-15)8-18-14-6-4-12(5-7-14)11(3)17/h4-7,9-11,17H,8H2,1-3H3. The van der Waals surface area contributed by atoms with Crippen LogP contribution in [0.5, 0.6) is 5.75 Å². The SMILES string of the molecule is CC(C)c1nc(COc2ccc(C(C)O)cc2)cs1. The van der Waals surface area contributed by atoms with Crippen molar-refractivity contribution in [2.75, 3.05) is 0 Å². The molecule has 0 fully saturated rings. The van der Waals surface area contributed by atoms with E-state index in [1.807, 2.05) is 29.6 Å². The average Bonchev–Trinajstić information content (AvgIpc) is 2.86. The lowest BCUT2D eigenvalue weighted by atomic mass is 10.1. The topological polar surface area (TPSA) is 42.4 Å². The largest absolute Gasteiger partial charge is 0.487 e. The number of hydrogen-bond donors (Lipinski definition) is 1. The molecule has 19 heavy (non-hydrogen) atoms. The number of aliphatic hydroxyl groups is 1. The molecule has 4 heteroatoms. The van der Waals surface area contributed by atoms with Crippen molar-refractivity contribution in [1.82, 2.24) is 4.98 Å². The second kappa shape index (κ2) is 6.17. The van der Waals surface area contributed by atoms with E-state index in [9.17, 15) is 5.11 Å². The first kappa shape index (κ1) is 14.0. The Bertz CT molecular complexity index is 517. The number of nitrogens with zero attached hydrogens (tertiary/aromatic N) is 1. The number of ether oxygens (including phenoxy) is 1. The molecule has 102 valence electrons. The summed E-state index contributed by atoms with van der Waals surface area (Å²) in [4.78, 5) is 4.52. The van der Waals surface area contributed by atoms with E-state index in [0.717, 1.165) is 22.0 Å². The number of aliphatic hydroxyl groups excluding tert-OH is 1. The molecule has 1 aromatic carbocycles. The molecular formula is C15H19NO2S. The van der Waals surface area contributed by atoms with Gasteiger partial charge in [0.25, 0.3) is 0 Å². The lowest BCUT2D eigenvalue weighted by Gasteiger charge is -2.07. The zero-order valence-electron chi connectivity index (χ0n) is 11.5. The van der Waals surface area contributed by atoms with Crippen molar-refractivity contribution < 1.29 is 9.84 Å². The van der Waals surface area contributed by atoms with Crippen LogP contribution >= 0.6 is 11.3 Å². The van der Waals surface area contributed by atoms with Crippen LogP contribution in [0.3, 0.4) is 0 Å². The smallest absolute Gasteiger partial charge is 0.131 e. The molecule has 0 saturated carbocycles. The maximum absolute atomic E-state index is 9.43. The monoisotopic (exact) mass is 277 g/mol. The first-order valence-corrected chi connectivity index (χ1v) is 7.29. The summed E-state index contributed by atoms with van der Waals surface area (Å²) in [5, 5.41) is 12.6. The van der Waals surface area contributed by atoms with E-state index in [2.05, 4.69) is 18.8 Å². The fraction of sp³-hybridized carbons (Fsp3) is 0.400. The molecule has 3 nitrogen and oxygen atoms in total. The highest BCUT2D eigenvalue weighted by atomic mass is 32.1. The Morgan fingerprint density at radius 1 is 1.21 bits per heavy atom. The molecule has 0 saturated heterocycles. The van der Waals surface area contributed by atoms with Crippen LogP contribution in [-0.2, 0) is 6.61 Å². The van der Waals surface area contributed by atoms with Gasteiger partial charge in [-0.25, -0.2) is 4.98 Å². The predicted molar refractivity (Wildman–Crippen MR) is 77.6 cm³/mol. The number of aromatic nitrogens is 1. The third kappa shape index (κ3) is 3.78. The van der Waals surface area contributed by atoms with E-state index < -0.39 is 6.10 Å². The summed E-state index contributed by atoms with van der Waals surface area (Å²) in [7, 11) is 0. The minimum atomic E-state index is -0.443. The van der Waals surface area contributed by atoms with Crippen LogP contribution < -0.4 is 4.74 Å². The van der Waals surface area contributed by atoms with Gasteiger partial charge in [0.15, 0.2) is 0 Å². The fourth-order valence-electron chi connectivity index (χ4n) is 1.65. The molecular weight excluding hydrogens is 258 g/mol. The predicted octanol–water partition coefficient (Wildman–Crippen LogP) is 3.90. The molecule has 2 aromatic rings. The molecule has 1 unspecified atom stereocenters. The summed E-state index contributed by atoms with van der Waals surface area (Å²) in [6.07, 6.45) is -0.443. The van der Waals surface area contributed by atoms with Crippen molar-refractivity contribution in [2.45, 2.75) is 39.4 Å². The Kier molecular flexibility index (Phi) is 4.56. The van der Waals surface area contributed by atoms with Gasteiger partial charge in [0.05, 0.1) is 16.8 Å². The zero-order valence-corrected chi connectivity index (χ0v) is 12.3. The van der Waals surface area contributed by atoms with Gasteiger partial charge in [0.1, 0.15) is 12.4 Å². The van der Waals surface area contributed by atoms with Crippen molar-refractivity contribution in [3.8, 4) is 5.75 Å². The van der Waals surface area contributed by atoms with Crippen molar-refractivity contribution in [2.24, 2.45) is 0 Å². The molecule has 1 N–H and O–H groups in total. The Labute approximate surface area is 117 Å². The minimum absolute atomic E-state index is 0.443. The van der Waals surface area contributed by atoms with Crippen LogP contribution in [0.2, 0.25) is 0 Å². The number of benzene rings is 1. The molecule has 1 atom stereocenters. The summed E-state index contributed by atoms with van der Waals surface area (Å²) in [5.41, 5.74) is 1.86. The summed E-state index contributed by atoms with van der Waals surface area (Å²) in [6, 6.07) is 7.50. The molecule has 0 aliphatic carbocycles. The third-order valence-corrected chi connectivity index (χ3v) is 4.01. The first-order chi connectivity index (χ1) is 9.06. The third-order valence-electron chi connectivity index (χ3n) is 2.81. The van der Waals surface area contributed by atoms with Crippen molar-refractivity contribution >= 4 is 11.3 Å². The molecule has 0 radical (unpaired) electrons. The van der Waals surface area contributed by atoms with Gasteiger partial charge < -0.3 is 9.84 Å². The Balaban J connectivity index is 1.94. The molecule has 1 aromatic heterocycles. The van der Waals surface area contributed by atoms with E-state index in [0.29, 0.717) is 12.5 Å². The molecule has 0 bridgehead atoms. The Morgan fingerprint density at radius 2 is 1.89 bits per heavy atom. The van der Waals surface area contributed by atoms with Gasteiger partial charge in [-0.3, -0.25) is 0 Å².